The number of hydrogen-bond acceptors (Lipinski definition) is 0. The smallest absolute Gasteiger partial charge is 0.253 e. The molecule has 2 aromatic carbocycles. The van der Waals surface area contributed by atoms with Gasteiger partial charge in [-0.3, -0.25) is 0 Å². The molecule has 0 aliphatic carbocycles. The van der Waals surface area contributed by atoms with E-state index < -0.39 is 69.5 Å². The maximum Gasteiger partial charge on any atom is 0.253 e. The predicted molar refractivity (Wildman–Crippen MR) is 100 cm³/mol. The van der Waals surface area contributed by atoms with Crippen LogP contribution < -0.4 is 4.57 Å². The lowest BCUT2D eigenvalue weighted by Crippen LogP contribution is -2.29. The Labute approximate surface area is 187 Å². The summed E-state index contributed by atoms with van der Waals surface area (Å²) in [7, 11) is 2.08. The number of halogens is 10. The Morgan fingerprint density at radius 3 is 1.32 bits per heavy atom. The molecule has 0 atom stereocenters. The second-order valence-electron chi connectivity index (χ2n) is 6.95. The molecule has 0 aliphatic rings. The van der Waals surface area contributed by atoms with Crippen molar-refractivity contribution < 1.29 is 48.5 Å². The predicted octanol–water partition coefficient (Wildman–Crippen LogP) is 6.84. The van der Waals surface area contributed by atoms with Crippen LogP contribution in [0.1, 0.15) is 25.6 Å². The summed E-state index contributed by atoms with van der Waals surface area (Å²) < 4.78 is 135. The highest BCUT2D eigenvalue weighted by molar-refractivity contribution is 5.69. The Balaban J connectivity index is 0.000000310. The molecule has 0 aliphatic heterocycles. The summed E-state index contributed by atoms with van der Waals surface area (Å²) in [5.41, 5.74) is -4.21. The molecule has 0 fully saturated rings. The number of rotatable bonds is 5. The van der Waals surface area contributed by atoms with Crippen LogP contribution in [0.3, 0.4) is 0 Å². The van der Waals surface area contributed by atoms with E-state index in [1.165, 1.54) is 18.7 Å². The van der Waals surface area contributed by atoms with E-state index >= 15 is 0 Å². The van der Waals surface area contributed by atoms with Gasteiger partial charge >= 0.3 is 0 Å². The van der Waals surface area contributed by atoms with Crippen molar-refractivity contribution in [1.82, 2.24) is 4.57 Å². The molecule has 1 aromatic heterocycles. The van der Waals surface area contributed by atoms with Crippen molar-refractivity contribution in [3.63, 3.8) is 0 Å². The monoisotopic (exact) mass is 501 g/mol. The zero-order chi connectivity index (χ0) is 25.9. The summed E-state index contributed by atoms with van der Waals surface area (Å²) in [5, 5.41) is 2.37. The minimum absolute atomic E-state index is 1.16. The summed E-state index contributed by atoms with van der Waals surface area (Å²) in [6, 6.07) is 0. The van der Waals surface area contributed by atoms with Gasteiger partial charge in [-0.05, 0) is 6.42 Å². The van der Waals surface area contributed by atoms with E-state index in [4.69, 9.17) is 0 Å². The number of aromatic nitrogens is 2. The van der Waals surface area contributed by atoms with Crippen molar-refractivity contribution in [3.05, 3.63) is 81.7 Å². The Morgan fingerprint density at radius 1 is 0.676 bits per heavy atom. The fourth-order valence-corrected chi connectivity index (χ4v) is 2.66. The summed E-state index contributed by atoms with van der Waals surface area (Å²) in [6.45, 7) is 5.53. The van der Waals surface area contributed by atoms with E-state index in [-0.39, 0.29) is 0 Å². The average molecular weight is 501 g/mol. The van der Waals surface area contributed by atoms with Crippen molar-refractivity contribution in [3.8, 4) is 0 Å². The van der Waals surface area contributed by atoms with Gasteiger partial charge in [0.05, 0.1) is 13.6 Å². The van der Waals surface area contributed by atoms with Crippen LogP contribution >= 0.6 is 0 Å². The van der Waals surface area contributed by atoms with Crippen molar-refractivity contribution in [2.75, 3.05) is 0 Å². The van der Waals surface area contributed by atoms with Gasteiger partial charge in [0.1, 0.15) is 35.7 Å². The van der Waals surface area contributed by atoms with Crippen LogP contribution in [-0.4, -0.2) is 4.57 Å². The Hall–Kier alpha value is -3.25. The molecule has 0 saturated heterocycles. The highest BCUT2D eigenvalue weighted by atomic mass is 19.2. The molecule has 3 aromatic rings. The van der Waals surface area contributed by atoms with Crippen LogP contribution in [0.2, 0.25) is 0 Å². The van der Waals surface area contributed by atoms with Gasteiger partial charge in [-0.15, -0.1) is 0 Å². The molecule has 0 amide bonds. The Kier molecular flexibility index (Phi) is 8.56. The van der Waals surface area contributed by atoms with Gasteiger partial charge in [0.2, 0.25) is 0 Å². The largest absolute Gasteiger partial charge is 0.648 e. The molecular formula is C21H17F10N3. The van der Waals surface area contributed by atoms with Crippen molar-refractivity contribution >= 4 is 11.4 Å². The zero-order valence-electron chi connectivity index (χ0n) is 17.9. The second kappa shape index (κ2) is 10.8. The summed E-state index contributed by atoms with van der Waals surface area (Å²) in [6.07, 6.45) is 6.78. The number of hydrogen-bond donors (Lipinski definition) is 0. The zero-order valence-corrected chi connectivity index (χ0v) is 17.9. The number of unbranched alkanes of at least 4 members (excludes halogenated alkanes) is 1. The standard InChI is InChI=1S/C12F10N.C9H17N2/c13-1-3(15)7(19)11(8(20)4(1)16)23-12-9(21)5(17)2(14)6(18)10(12)22;1-4-5-6-11-8-7-10(3)9(11)2/h;7-8H,4-6H2,1-3H3/q-1;+1. The fraction of sp³-hybridized carbons (Fsp3) is 0.286. The van der Waals surface area contributed by atoms with E-state index in [1.807, 2.05) is 0 Å². The lowest BCUT2D eigenvalue weighted by molar-refractivity contribution is -0.677. The lowest BCUT2D eigenvalue weighted by atomic mass is 10.2. The fourth-order valence-electron chi connectivity index (χ4n) is 2.66. The molecule has 13 heteroatoms. The van der Waals surface area contributed by atoms with Gasteiger partial charge in [0.25, 0.3) is 5.82 Å². The minimum atomic E-state index is -2.59. The van der Waals surface area contributed by atoms with Gasteiger partial charge in [-0.25, -0.2) is 53.0 Å². The van der Waals surface area contributed by atoms with E-state index in [1.54, 1.807) is 0 Å². The van der Waals surface area contributed by atoms with Crippen LogP contribution in [0.15, 0.2) is 12.4 Å². The maximum atomic E-state index is 13.3. The molecule has 0 spiro atoms. The molecule has 0 bridgehead atoms. The highest BCUT2D eigenvalue weighted by Crippen LogP contribution is 2.42. The molecular weight excluding hydrogens is 484 g/mol. The van der Waals surface area contributed by atoms with Crippen LogP contribution in [0.4, 0.5) is 55.3 Å². The third-order valence-electron chi connectivity index (χ3n) is 4.75. The van der Waals surface area contributed by atoms with Crippen molar-refractivity contribution in [1.29, 1.82) is 0 Å². The molecule has 34 heavy (non-hydrogen) atoms. The third-order valence-corrected chi connectivity index (χ3v) is 4.75. The summed E-state index contributed by atoms with van der Waals surface area (Å²) >= 11 is 0. The molecule has 3 nitrogen and oxygen atoms in total. The molecule has 3 rings (SSSR count). The van der Waals surface area contributed by atoms with E-state index in [0.717, 1.165) is 6.54 Å². The average Bonchev–Trinajstić information content (AvgIpc) is 3.14. The van der Waals surface area contributed by atoms with E-state index in [9.17, 15) is 43.9 Å². The molecule has 0 saturated carbocycles. The normalized spacial score (nSPS) is 10.9. The van der Waals surface area contributed by atoms with Crippen LogP contribution in [-0.2, 0) is 13.6 Å². The topological polar surface area (TPSA) is 22.9 Å². The lowest BCUT2D eigenvalue weighted by Gasteiger charge is -2.25. The third kappa shape index (κ3) is 5.12. The van der Waals surface area contributed by atoms with Crippen LogP contribution in [0.25, 0.3) is 5.32 Å². The number of aryl methyl sites for hydroxylation is 2. The van der Waals surface area contributed by atoms with E-state index in [2.05, 4.69) is 47.7 Å². The molecule has 186 valence electrons. The first-order valence-corrected chi connectivity index (χ1v) is 9.60. The SMILES string of the molecule is CCCCn1cc[n+](C)c1C.Fc1c(F)c(F)c([N-]c2c(F)c(F)c(F)c(F)c2F)c(F)c1F. The van der Waals surface area contributed by atoms with Crippen molar-refractivity contribution in [2.24, 2.45) is 7.05 Å². The molecule has 0 N–H and O–H groups in total. The Morgan fingerprint density at radius 2 is 1.03 bits per heavy atom. The maximum absolute atomic E-state index is 13.3. The van der Waals surface area contributed by atoms with Gasteiger partial charge < -0.3 is 5.32 Å². The first-order valence-electron chi connectivity index (χ1n) is 9.60. The second-order valence-corrected chi connectivity index (χ2v) is 6.95. The molecule has 0 radical (unpaired) electrons. The quantitative estimate of drug-likeness (QED) is 0.158. The van der Waals surface area contributed by atoms with Crippen LogP contribution in [0.5, 0.6) is 0 Å². The first-order chi connectivity index (χ1) is 15.8. The van der Waals surface area contributed by atoms with E-state index in [0.29, 0.717) is 0 Å². The van der Waals surface area contributed by atoms with Gasteiger partial charge in [-0.2, -0.15) is 0 Å². The number of nitrogens with zero attached hydrogens (tertiary/aromatic N) is 3. The van der Waals surface area contributed by atoms with Crippen molar-refractivity contribution in [2.45, 2.75) is 33.2 Å². The minimum Gasteiger partial charge on any atom is -0.648 e. The summed E-state index contributed by atoms with van der Waals surface area (Å²) in [4.78, 5) is 0. The number of benzene rings is 2. The van der Waals surface area contributed by atoms with Gasteiger partial charge in [0, 0.05) is 6.92 Å². The van der Waals surface area contributed by atoms with Crippen LogP contribution in [0, 0.1) is 65.1 Å². The first kappa shape index (κ1) is 27.0. The highest BCUT2D eigenvalue weighted by Gasteiger charge is 2.25. The summed E-state index contributed by atoms with van der Waals surface area (Å²) in [5.74, 6) is -24.3. The molecule has 1 heterocycles. The van der Waals surface area contributed by atoms with Gasteiger partial charge in [-0.1, -0.05) is 24.7 Å². The Bertz CT molecular complexity index is 1080. The molecule has 0 unspecified atom stereocenters. The number of imidazole rings is 1. The van der Waals surface area contributed by atoms with Gasteiger partial charge in [0.15, 0.2) is 34.9 Å².